The normalized spacial score (nSPS) is 11.2. The van der Waals surface area contributed by atoms with Crippen LogP contribution in [-0.4, -0.2) is 5.78 Å². The second-order valence-electron chi connectivity index (χ2n) is 4.13. The lowest BCUT2D eigenvalue weighted by Crippen LogP contribution is -1.99. The molecule has 0 aliphatic heterocycles. The van der Waals surface area contributed by atoms with E-state index >= 15 is 0 Å². The molecule has 0 aliphatic carbocycles. The number of ketones is 1. The number of hydrogen-bond acceptors (Lipinski definition) is 2. The van der Waals surface area contributed by atoms with Gasteiger partial charge in [-0.15, -0.1) is 0 Å². The molecule has 0 fully saturated rings. The summed E-state index contributed by atoms with van der Waals surface area (Å²) in [6, 6.07) is 17.7. The van der Waals surface area contributed by atoms with Crippen molar-refractivity contribution in [3.63, 3.8) is 0 Å². The van der Waals surface area contributed by atoms with Crippen LogP contribution in [0.5, 0.6) is 0 Å². The minimum Gasteiger partial charge on any atom is -0.361 e. The fraction of sp³-hybridized carbons (Fsp3) is 0.0625. The van der Waals surface area contributed by atoms with Crippen molar-refractivity contribution < 1.29 is 4.79 Å². The van der Waals surface area contributed by atoms with Crippen molar-refractivity contribution in [1.82, 2.24) is 0 Å². The molecule has 2 nitrogen and oxygen atoms in total. The SMILES string of the molecule is CC(=O)/C(=C/Nc1ccc(I)cc1)c1ccccc1. The number of rotatable bonds is 4. The van der Waals surface area contributed by atoms with Crippen molar-refractivity contribution in [2.24, 2.45) is 0 Å². The van der Waals surface area contributed by atoms with Gasteiger partial charge in [0.15, 0.2) is 5.78 Å². The maximum atomic E-state index is 11.7. The highest BCUT2D eigenvalue weighted by Crippen LogP contribution is 2.17. The minimum absolute atomic E-state index is 0.0456. The summed E-state index contributed by atoms with van der Waals surface area (Å²) in [6.07, 6.45) is 1.76. The lowest BCUT2D eigenvalue weighted by atomic mass is 10.0. The Balaban J connectivity index is 2.23. The molecule has 2 aromatic rings. The van der Waals surface area contributed by atoms with Gasteiger partial charge in [0.2, 0.25) is 0 Å². The van der Waals surface area contributed by atoms with E-state index in [-0.39, 0.29) is 5.78 Å². The smallest absolute Gasteiger partial charge is 0.161 e. The Hall–Kier alpha value is -1.62. The fourth-order valence-electron chi connectivity index (χ4n) is 1.71. The number of hydrogen-bond donors (Lipinski definition) is 1. The number of anilines is 1. The third kappa shape index (κ3) is 3.92. The number of benzene rings is 2. The first kappa shape index (κ1) is 13.8. The number of carbonyl (C=O) groups is 1. The summed E-state index contributed by atoms with van der Waals surface area (Å²) in [4.78, 5) is 11.7. The van der Waals surface area contributed by atoms with Crippen LogP contribution < -0.4 is 5.32 Å². The van der Waals surface area contributed by atoms with E-state index in [1.165, 1.54) is 3.57 Å². The first-order valence-corrected chi connectivity index (χ1v) is 7.03. The Morgan fingerprint density at radius 3 is 2.26 bits per heavy atom. The molecule has 19 heavy (non-hydrogen) atoms. The maximum absolute atomic E-state index is 11.7. The topological polar surface area (TPSA) is 29.1 Å². The van der Waals surface area contributed by atoms with E-state index in [4.69, 9.17) is 0 Å². The number of carbonyl (C=O) groups excluding carboxylic acids is 1. The molecule has 0 unspecified atom stereocenters. The highest BCUT2D eigenvalue weighted by atomic mass is 127. The van der Waals surface area contributed by atoms with Crippen molar-refractivity contribution in [3.05, 3.63) is 69.9 Å². The van der Waals surface area contributed by atoms with Crippen molar-refractivity contribution in [3.8, 4) is 0 Å². The second kappa shape index (κ2) is 6.52. The van der Waals surface area contributed by atoms with E-state index in [1.54, 1.807) is 13.1 Å². The molecule has 0 heterocycles. The van der Waals surface area contributed by atoms with Gasteiger partial charge in [0.25, 0.3) is 0 Å². The molecule has 3 heteroatoms. The van der Waals surface area contributed by atoms with Gasteiger partial charge in [-0.2, -0.15) is 0 Å². The van der Waals surface area contributed by atoms with Gasteiger partial charge in [0.1, 0.15) is 0 Å². The first-order chi connectivity index (χ1) is 9.16. The molecule has 0 atom stereocenters. The zero-order valence-corrected chi connectivity index (χ0v) is 12.7. The standard InChI is InChI=1S/C16H14INO/c1-12(19)16(13-5-3-2-4-6-13)11-18-15-9-7-14(17)8-10-15/h2-11,18H,1H3/b16-11-. The molecular formula is C16H14INO. The van der Waals surface area contributed by atoms with Crippen LogP contribution in [0.25, 0.3) is 5.57 Å². The highest BCUT2D eigenvalue weighted by Gasteiger charge is 2.06. The average molecular weight is 363 g/mol. The van der Waals surface area contributed by atoms with E-state index in [1.807, 2.05) is 54.6 Å². The lowest BCUT2D eigenvalue weighted by molar-refractivity contribution is -0.111. The quantitative estimate of drug-likeness (QED) is 0.647. The largest absolute Gasteiger partial charge is 0.361 e. The molecule has 0 saturated carbocycles. The molecule has 0 bridgehead atoms. The average Bonchev–Trinajstić information content (AvgIpc) is 2.42. The van der Waals surface area contributed by atoms with Crippen LogP contribution in [-0.2, 0) is 4.79 Å². The predicted molar refractivity (Wildman–Crippen MR) is 87.9 cm³/mol. The summed E-state index contributed by atoms with van der Waals surface area (Å²) in [5.41, 5.74) is 2.57. The van der Waals surface area contributed by atoms with Crippen molar-refractivity contribution >= 4 is 39.6 Å². The van der Waals surface area contributed by atoms with E-state index in [0.29, 0.717) is 5.57 Å². The van der Waals surface area contributed by atoms with E-state index in [9.17, 15) is 4.79 Å². The number of nitrogens with one attached hydrogen (secondary N) is 1. The van der Waals surface area contributed by atoms with Crippen molar-refractivity contribution in [2.75, 3.05) is 5.32 Å². The van der Waals surface area contributed by atoms with Gasteiger partial charge in [-0.05, 0) is 59.3 Å². The zero-order valence-electron chi connectivity index (χ0n) is 10.6. The second-order valence-corrected chi connectivity index (χ2v) is 5.38. The Morgan fingerprint density at radius 1 is 1.05 bits per heavy atom. The van der Waals surface area contributed by atoms with Crippen LogP contribution in [0.15, 0.2) is 60.8 Å². The monoisotopic (exact) mass is 363 g/mol. The van der Waals surface area contributed by atoms with Gasteiger partial charge in [-0.25, -0.2) is 0 Å². The predicted octanol–water partition coefficient (Wildman–Crippen LogP) is 4.33. The molecule has 0 aromatic heterocycles. The molecule has 1 N–H and O–H groups in total. The summed E-state index contributed by atoms with van der Waals surface area (Å²) >= 11 is 2.26. The summed E-state index contributed by atoms with van der Waals surface area (Å²) in [6.45, 7) is 1.58. The van der Waals surface area contributed by atoms with Crippen LogP contribution in [0, 0.1) is 3.57 Å². The van der Waals surface area contributed by atoms with Crippen LogP contribution >= 0.6 is 22.6 Å². The highest BCUT2D eigenvalue weighted by molar-refractivity contribution is 14.1. The first-order valence-electron chi connectivity index (χ1n) is 5.95. The Labute approximate surface area is 126 Å². The van der Waals surface area contributed by atoms with E-state index in [2.05, 4.69) is 27.9 Å². The molecule has 0 amide bonds. The van der Waals surface area contributed by atoms with Gasteiger partial charge in [-0.3, -0.25) is 4.79 Å². The molecule has 0 saturated heterocycles. The number of halogens is 1. The van der Waals surface area contributed by atoms with Crippen molar-refractivity contribution in [2.45, 2.75) is 6.92 Å². The van der Waals surface area contributed by atoms with E-state index < -0.39 is 0 Å². The molecule has 0 radical (unpaired) electrons. The molecular weight excluding hydrogens is 349 g/mol. The van der Waals surface area contributed by atoms with Crippen LogP contribution in [0.4, 0.5) is 5.69 Å². The summed E-state index contributed by atoms with van der Waals surface area (Å²) < 4.78 is 1.18. The maximum Gasteiger partial charge on any atom is 0.161 e. The Bertz CT molecular complexity index is 588. The molecule has 2 rings (SSSR count). The van der Waals surface area contributed by atoms with Gasteiger partial charge >= 0.3 is 0 Å². The lowest BCUT2D eigenvalue weighted by Gasteiger charge is -2.06. The zero-order chi connectivity index (χ0) is 13.7. The van der Waals surface area contributed by atoms with Crippen LogP contribution in [0.1, 0.15) is 12.5 Å². The molecule has 0 aliphatic rings. The number of Topliss-reactive ketones (excluding diaryl/α,β-unsaturated/α-hetero) is 1. The summed E-state index contributed by atoms with van der Waals surface area (Å²) in [5.74, 6) is 0.0456. The Morgan fingerprint density at radius 2 is 1.68 bits per heavy atom. The van der Waals surface area contributed by atoms with Crippen LogP contribution in [0.3, 0.4) is 0 Å². The van der Waals surface area contributed by atoms with Gasteiger partial charge < -0.3 is 5.32 Å². The fourth-order valence-corrected chi connectivity index (χ4v) is 2.07. The third-order valence-corrected chi connectivity index (χ3v) is 3.41. The van der Waals surface area contributed by atoms with Crippen molar-refractivity contribution in [1.29, 1.82) is 0 Å². The summed E-state index contributed by atoms with van der Waals surface area (Å²) in [5, 5.41) is 3.17. The molecule has 96 valence electrons. The minimum atomic E-state index is 0.0456. The van der Waals surface area contributed by atoms with Crippen LogP contribution in [0.2, 0.25) is 0 Å². The molecule has 2 aromatic carbocycles. The van der Waals surface area contributed by atoms with Gasteiger partial charge in [-0.1, -0.05) is 30.3 Å². The molecule has 0 spiro atoms. The van der Waals surface area contributed by atoms with Gasteiger partial charge in [0.05, 0.1) is 0 Å². The van der Waals surface area contributed by atoms with E-state index in [0.717, 1.165) is 11.3 Å². The summed E-state index contributed by atoms with van der Waals surface area (Å²) in [7, 11) is 0. The number of allylic oxidation sites excluding steroid dienone is 1. The third-order valence-electron chi connectivity index (χ3n) is 2.69. The van der Waals surface area contributed by atoms with Gasteiger partial charge in [0, 0.05) is 21.0 Å². The Kier molecular flexibility index (Phi) is 4.74.